The van der Waals surface area contributed by atoms with Gasteiger partial charge >= 0.3 is 12.1 Å². The van der Waals surface area contributed by atoms with Crippen LogP contribution < -0.4 is 0 Å². The van der Waals surface area contributed by atoms with Gasteiger partial charge < -0.3 is 10.2 Å². The molecule has 0 saturated carbocycles. The SMILES string of the molecule is CC(C)(CC(O)(C(=O)O)C(F)(F)F)c1ccccn1. The molecule has 0 radical (unpaired) electrons. The van der Waals surface area contributed by atoms with E-state index >= 15 is 0 Å². The summed E-state index contributed by atoms with van der Waals surface area (Å²) in [4.78, 5) is 14.7. The second kappa shape index (κ2) is 4.80. The Morgan fingerprint density at radius 2 is 1.89 bits per heavy atom. The lowest BCUT2D eigenvalue weighted by Crippen LogP contribution is -2.55. The van der Waals surface area contributed by atoms with Crippen LogP contribution in [0, 0.1) is 0 Å². The number of carboxylic acid groups (broad SMARTS) is 1. The molecule has 7 heteroatoms. The Balaban J connectivity index is 3.14. The topological polar surface area (TPSA) is 70.4 Å². The Bertz CT molecular complexity index is 459. The molecular weight excluding hydrogens is 263 g/mol. The lowest BCUT2D eigenvalue weighted by atomic mass is 9.77. The number of carboxylic acids is 1. The maximum absolute atomic E-state index is 12.7. The van der Waals surface area contributed by atoms with Crippen molar-refractivity contribution < 1.29 is 28.2 Å². The van der Waals surface area contributed by atoms with Crippen LogP contribution in [-0.4, -0.2) is 32.9 Å². The van der Waals surface area contributed by atoms with Gasteiger partial charge in [0.05, 0.1) is 0 Å². The average Bonchev–Trinajstić information content (AvgIpc) is 2.28. The van der Waals surface area contributed by atoms with E-state index in [0.29, 0.717) is 0 Å². The summed E-state index contributed by atoms with van der Waals surface area (Å²) in [5.74, 6) is -2.32. The maximum atomic E-state index is 12.7. The predicted octanol–water partition coefficient (Wildman–Crippen LogP) is 2.13. The third-order valence-electron chi connectivity index (χ3n) is 2.88. The number of pyridine rings is 1. The van der Waals surface area contributed by atoms with Gasteiger partial charge in [-0.2, -0.15) is 13.2 Å². The van der Waals surface area contributed by atoms with Crippen molar-refractivity contribution in [1.29, 1.82) is 0 Å². The van der Waals surface area contributed by atoms with Crippen molar-refractivity contribution in [2.75, 3.05) is 0 Å². The first-order chi connectivity index (χ1) is 8.51. The number of aliphatic carboxylic acids is 1. The summed E-state index contributed by atoms with van der Waals surface area (Å²) in [6.07, 6.45) is -4.88. The van der Waals surface area contributed by atoms with Crippen LogP contribution in [0.3, 0.4) is 0 Å². The number of alkyl halides is 3. The normalized spacial score (nSPS) is 15.9. The molecule has 0 saturated heterocycles. The lowest BCUT2D eigenvalue weighted by molar-refractivity contribution is -0.265. The highest BCUT2D eigenvalue weighted by Crippen LogP contribution is 2.40. The molecule has 4 nitrogen and oxygen atoms in total. The molecule has 0 aliphatic rings. The Labute approximate surface area is 107 Å². The van der Waals surface area contributed by atoms with Gasteiger partial charge in [0.25, 0.3) is 5.60 Å². The predicted molar refractivity (Wildman–Crippen MR) is 60.5 cm³/mol. The summed E-state index contributed by atoms with van der Waals surface area (Å²) in [5.41, 5.74) is -4.77. The van der Waals surface area contributed by atoms with Crippen LogP contribution >= 0.6 is 0 Å². The van der Waals surface area contributed by atoms with E-state index in [2.05, 4.69) is 4.98 Å². The molecule has 0 bridgehead atoms. The zero-order chi connectivity index (χ0) is 14.9. The van der Waals surface area contributed by atoms with E-state index in [1.54, 1.807) is 12.1 Å². The standard InChI is InChI=1S/C12H14F3NO3/c1-10(2,8-5-3-4-6-16-8)7-11(19,9(17)18)12(13,14)15/h3-6,19H,7H2,1-2H3,(H,17,18). The van der Waals surface area contributed by atoms with Crippen LogP contribution in [-0.2, 0) is 10.2 Å². The van der Waals surface area contributed by atoms with E-state index in [0.717, 1.165) is 0 Å². The van der Waals surface area contributed by atoms with Gasteiger partial charge in [0.1, 0.15) is 0 Å². The van der Waals surface area contributed by atoms with E-state index in [-0.39, 0.29) is 5.69 Å². The summed E-state index contributed by atoms with van der Waals surface area (Å²) >= 11 is 0. The monoisotopic (exact) mass is 277 g/mol. The van der Waals surface area contributed by atoms with E-state index in [1.807, 2.05) is 0 Å². The summed E-state index contributed by atoms with van der Waals surface area (Å²) in [6.45, 7) is 2.80. The van der Waals surface area contributed by atoms with E-state index in [9.17, 15) is 23.1 Å². The molecular formula is C12H14F3NO3. The Morgan fingerprint density at radius 1 is 1.32 bits per heavy atom. The zero-order valence-electron chi connectivity index (χ0n) is 10.4. The highest BCUT2D eigenvalue weighted by Gasteiger charge is 2.62. The molecule has 0 fully saturated rings. The number of hydrogen-bond donors (Lipinski definition) is 2. The van der Waals surface area contributed by atoms with Crippen molar-refractivity contribution in [3.05, 3.63) is 30.1 Å². The number of rotatable bonds is 4. The first-order valence-corrected chi connectivity index (χ1v) is 5.45. The molecule has 0 aliphatic carbocycles. The Morgan fingerprint density at radius 3 is 2.26 bits per heavy atom. The fourth-order valence-corrected chi connectivity index (χ4v) is 1.79. The largest absolute Gasteiger partial charge is 0.479 e. The zero-order valence-corrected chi connectivity index (χ0v) is 10.4. The van der Waals surface area contributed by atoms with Gasteiger partial charge in [-0.3, -0.25) is 4.98 Å². The molecule has 19 heavy (non-hydrogen) atoms. The fourth-order valence-electron chi connectivity index (χ4n) is 1.79. The number of carbonyl (C=O) groups is 1. The molecule has 0 aromatic carbocycles. The first kappa shape index (κ1) is 15.4. The van der Waals surface area contributed by atoms with Crippen molar-refractivity contribution in [3.63, 3.8) is 0 Å². The quantitative estimate of drug-likeness (QED) is 0.884. The fraction of sp³-hybridized carbons (Fsp3) is 0.500. The van der Waals surface area contributed by atoms with Crippen LogP contribution in [0.5, 0.6) is 0 Å². The van der Waals surface area contributed by atoms with Crippen LogP contribution in [0.2, 0.25) is 0 Å². The molecule has 1 atom stereocenters. The molecule has 2 N–H and O–H groups in total. The molecule has 0 amide bonds. The number of nitrogens with zero attached hydrogens (tertiary/aromatic N) is 1. The van der Waals surface area contributed by atoms with Crippen LogP contribution in [0.15, 0.2) is 24.4 Å². The number of aromatic nitrogens is 1. The van der Waals surface area contributed by atoms with E-state index in [1.165, 1.54) is 26.1 Å². The summed E-state index contributed by atoms with van der Waals surface area (Å²) < 4.78 is 38.2. The molecule has 0 spiro atoms. The molecule has 1 aromatic rings. The van der Waals surface area contributed by atoms with Crippen molar-refractivity contribution in [3.8, 4) is 0 Å². The third-order valence-corrected chi connectivity index (χ3v) is 2.88. The molecule has 1 aromatic heterocycles. The van der Waals surface area contributed by atoms with Crippen molar-refractivity contribution >= 4 is 5.97 Å². The maximum Gasteiger partial charge on any atom is 0.428 e. The second-order valence-corrected chi connectivity index (χ2v) is 4.94. The highest BCUT2D eigenvalue weighted by atomic mass is 19.4. The van der Waals surface area contributed by atoms with E-state index in [4.69, 9.17) is 5.11 Å². The average molecular weight is 277 g/mol. The van der Waals surface area contributed by atoms with Gasteiger partial charge in [0.2, 0.25) is 0 Å². The Kier molecular flexibility index (Phi) is 3.90. The third kappa shape index (κ3) is 3.04. The molecule has 1 rings (SSSR count). The van der Waals surface area contributed by atoms with Crippen molar-refractivity contribution in [2.24, 2.45) is 0 Å². The van der Waals surface area contributed by atoms with Gasteiger partial charge in [0, 0.05) is 23.7 Å². The minimum absolute atomic E-state index is 0.277. The molecule has 0 aliphatic heterocycles. The summed E-state index contributed by atoms with van der Waals surface area (Å²) in [6, 6.07) is 4.66. The number of aliphatic hydroxyl groups is 1. The summed E-state index contributed by atoms with van der Waals surface area (Å²) in [5, 5.41) is 18.2. The second-order valence-electron chi connectivity index (χ2n) is 4.94. The molecule has 106 valence electrons. The van der Waals surface area contributed by atoms with Crippen molar-refractivity contribution in [2.45, 2.75) is 37.5 Å². The van der Waals surface area contributed by atoms with Crippen molar-refractivity contribution in [1.82, 2.24) is 4.98 Å². The number of halogens is 3. The lowest BCUT2D eigenvalue weighted by Gasteiger charge is -2.34. The first-order valence-electron chi connectivity index (χ1n) is 5.45. The molecule has 1 unspecified atom stereocenters. The van der Waals surface area contributed by atoms with Gasteiger partial charge in [0.15, 0.2) is 0 Å². The number of hydrogen-bond acceptors (Lipinski definition) is 3. The van der Waals surface area contributed by atoms with E-state index < -0.39 is 29.6 Å². The minimum atomic E-state index is -5.26. The molecule has 1 heterocycles. The van der Waals surface area contributed by atoms with Gasteiger partial charge in [-0.15, -0.1) is 0 Å². The minimum Gasteiger partial charge on any atom is -0.479 e. The van der Waals surface area contributed by atoms with Gasteiger partial charge in [-0.1, -0.05) is 19.9 Å². The van der Waals surface area contributed by atoms with Gasteiger partial charge in [-0.05, 0) is 12.1 Å². The smallest absolute Gasteiger partial charge is 0.428 e. The van der Waals surface area contributed by atoms with Gasteiger partial charge in [-0.25, -0.2) is 4.79 Å². The van der Waals surface area contributed by atoms with Crippen LogP contribution in [0.4, 0.5) is 13.2 Å². The van der Waals surface area contributed by atoms with Crippen LogP contribution in [0.1, 0.15) is 26.0 Å². The summed E-state index contributed by atoms with van der Waals surface area (Å²) in [7, 11) is 0. The van der Waals surface area contributed by atoms with Crippen LogP contribution in [0.25, 0.3) is 0 Å². The Hall–Kier alpha value is -1.63. The highest BCUT2D eigenvalue weighted by molar-refractivity contribution is 5.78.